The number of methoxy groups -OCH3 is 1. The molecule has 0 amide bonds. The molecule has 0 saturated heterocycles. The van der Waals surface area contributed by atoms with E-state index >= 15 is 0 Å². The topological polar surface area (TPSA) is 58.9 Å². The molecule has 2 N–H and O–H groups in total. The van der Waals surface area contributed by atoms with E-state index in [1.165, 1.54) is 37.4 Å². The Labute approximate surface area is 126 Å². The third kappa shape index (κ3) is 3.88. The van der Waals surface area contributed by atoms with Crippen LogP contribution >= 0.6 is 11.6 Å². The molecule has 2 rings (SSSR count). The fraction of sp³-hybridized carbons (Fsp3) is 0.143. The number of benzene rings is 2. The van der Waals surface area contributed by atoms with Crippen molar-refractivity contribution in [2.45, 2.75) is 6.61 Å². The minimum Gasteiger partial charge on any atom is -0.497 e. The maximum atomic E-state index is 13.6. The largest absolute Gasteiger partial charge is 0.497 e. The second-order valence-corrected chi connectivity index (χ2v) is 4.74. The Bertz CT molecular complexity index is 636. The predicted octanol–water partition coefficient (Wildman–Crippen LogP) is 1.75. The summed E-state index contributed by atoms with van der Waals surface area (Å²) in [4.78, 5) is 0. The molecule has 0 atom stereocenters. The van der Waals surface area contributed by atoms with Gasteiger partial charge in [0.05, 0.1) is 7.11 Å². The number of rotatable bonds is 5. The van der Waals surface area contributed by atoms with Gasteiger partial charge in [-0.05, 0) is 36.4 Å². The van der Waals surface area contributed by atoms with Crippen LogP contribution in [0, 0.1) is 5.82 Å². The maximum absolute atomic E-state index is 13.6. The fourth-order valence-corrected chi connectivity index (χ4v) is 1.99. The van der Waals surface area contributed by atoms with Crippen LogP contribution in [-0.4, -0.2) is 24.3 Å². The van der Waals surface area contributed by atoms with Crippen molar-refractivity contribution >= 4 is 24.2 Å². The van der Waals surface area contributed by atoms with Gasteiger partial charge in [-0.1, -0.05) is 11.6 Å². The van der Waals surface area contributed by atoms with Crippen LogP contribution in [0.2, 0.25) is 5.02 Å². The first-order valence-corrected chi connectivity index (χ1v) is 6.50. The smallest absolute Gasteiger partial charge is 0.492 e. The lowest BCUT2D eigenvalue weighted by Crippen LogP contribution is -2.31. The average molecular weight is 311 g/mol. The van der Waals surface area contributed by atoms with Crippen molar-refractivity contribution in [1.29, 1.82) is 0 Å². The molecule has 0 aliphatic carbocycles. The molecule has 0 aliphatic rings. The molecule has 0 aliphatic heterocycles. The van der Waals surface area contributed by atoms with Crippen LogP contribution in [0.4, 0.5) is 4.39 Å². The van der Waals surface area contributed by atoms with Gasteiger partial charge in [-0.25, -0.2) is 4.39 Å². The van der Waals surface area contributed by atoms with E-state index in [1.54, 1.807) is 6.07 Å². The van der Waals surface area contributed by atoms with Gasteiger partial charge in [0.25, 0.3) is 0 Å². The second kappa shape index (κ2) is 6.80. The zero-order valence-electron chi connectivity index (χ0n) is 11.2. The van der Waals surface area contributed by atoms with Crippen molar-refractivity contribution in [2.24, 2.45) is 0 Å². The first-order valence-electron chi connectivity index (χ1n) is 6.12. The Hall–Kier alpha value is -1.76. The van der Waals surface area contributed by atoms with Gasteiger partial charge in [-0.3, -0.25) is 0 Å². The molecule has 110 valence electrons. The SMILES string of the molecule is COc1ccc(OCc2cc(Cl)ccc2F)c(B(O)O)c1. The van der Waals surface area contributed by atoms with Crippen LogP contribution in [0.5, 0.6) is 11.5 Å². The molecule has 0 heterocycles. The molecule has 21 heavy (non-hydrogen) atoms. The van der Waals surface area contributed by atoms with E-state index in [-0.39, 0.29) is 23.4 Å². The number of halogens is 2. The highest BCUT2D eigenvalue weighted by atomic mass is 35.5. The Kier molecular flexibility index (Phi) is 5.06. The summed E-state index contributed by atoms with van der Waals surface area (Å²) in [7, 11) is -0.260. The van der Waals surface area contributed by atoms with E-state index < -0.39 is 12.9 Å². The molecule has 0 fully saturated rings. The normalized spacial score (nSPS) is 10.3. The van der Waals surface area contributed by atoms with Crippen molar-refractivity contribution in [2.75, 3.05) is 7.11 Å². The molecule has 2 aromatic carbocycles. The van der Waals surface area contributed by atoms with Gasteiger partial charge in [-0.2, -0.15) is 0 Å². The molecule has 0 saturated carbocycles. The van der Waals surface area contributed by atoms with Gasteiger partial charge in [-0.15, -0.1) is 0 Å². The van der Waals surface area contributed by atoms with E-state index in [0.29, 0.717) is 10.8 Å². The summed E-state index contributed by atoms with van der Waals surface area (Å²) in [6.07, 6.45) is 0. The third-order valence-corrected chi connectivity index (χ3v) is 3.12. The molecule has 0 bridgehead atoms. The Morgan fingerprint density at radius 2 is 1.95 bits per heavy atom. The minimum atomic E-state index is -1.72. The summed E-state index contributed by atoms with van der Waals surface area (Å²) in [5.74, 6) is 0.239. The zero-order chi connectivity index (χ0) is 15.4. The van der Waals surface area contributed by atoms with Gasteiger partial charge in [0.1, 0.15) is 23.9 Å². The molecule has 0 radical (unpaired) electrons. The molecule has 7 heteroatoms. The van der Waals surface area contributed by atoms with E-state index in [4.69, 9.17) is 21.1 Å². The van der Waals surface area contributed by atoms with E-state index in [0.717, 1.165) is 0 Å². The van der Waals surface area contributed by atoms with Gasteiger partial charge >= 0.3 is 7.12 Å². The molecule has 0 spiro atoms. The lowest BCUT2D eigenvalue weighted by atomic mass is 9.79. The van der Waals surface area contributed by atoms with E-state index in [1.807, 2.05) is 0 Å². The lowest BCUT2D eigenvalue weighted by molar-refractivity contribution is 0.300. The van der Waals surface area contributed by atoms with E-state index in [2.05, 4.69) is 0 Å². The molecular weight excluding hydrogens is 297 g/mol. The van der Waals surface area contributed by atoms with Crippen molar-refractivity contribution in [3.8, 4) is 11.5 Å². The Balaban J connectivity index is 2.21. The summed E-state index contributed by atoms with van der Waals surface area (Å²) < 4.78 is 24.0. The van der Waals surface area contributed by atoms with Crippen LogP contribution < -0.4 is 14.9 Å². The Morgan fingerprint density at radius 3 is 2.62 bits per heavy atom. The standard InChI is InChI=1S/C14H13BClFO4/c1-20-11-3-5-14(12(7-11)15(18)19)21-8-9-6-10(16)2-4-13(9)17/h2-7,18-19H,8H2,1H3. The number of ether oxygens (including phenoxy) is 2. The zero-order valence-corrected chi connectivity index (χ0v) is 12.0. The summed E-state index contributed by atoms with van der Waals surface area (Å²) in [6, 6.07) is 8.71. The van der Waals surface area contributed by atoms with Gasteiger partial charge in [0.2, 0.25) is 0 Å². The fourth-order valence-electron chi connectivity index (χ4n) is 1.80. The third-order valence-electron chi connectivity index (χ3n) is 2.89. The Morgan fingerprint density at radius 1 is 1.19 bits per heavy atom. The number of hydrogen-bond donors (Lipinski definition) is 2. The molecular formula is C14H13BClFO4. The first-order chi connectivity index (χ1) is 10.0. The van der Waals surface area contributed by atoms with Crippen molar-refractivity contribution in [1.82, 2.24) is 0 Å². The van der Waals surface area contributed by atoms with Crippen LogP contribution in [0.15, 0.2) is 36.4 Å². The van der Waals surface area contributed by atoms with E-state index in [9.17, 15) is 14.4 Å². The van der Waals surface area contributed by atoms with Crippen LogP contribution in [0.3, 0.4) is 0 Å². The summed E-state index contributed by atoms with van der Waals surface area (Å²) >= 11 is 5.80. The summed E-state index contributed by atoms with van der Waals surface area (Å²) in [5.41, 5.74) is 0.411. The monoisotopic (exact) mass is 310 g/mol. The maximum Gasteiger partial charge on any atom is 0.492 e. The second-order valence-electron chi connectivity index (χ2n) is 4.30. The predicted molar refractivity (Wildman–Crippen MR) is 78.6 cm³/mol. The van der Waals surface area contributed by atoms with Crippen LogP contribution in [0.25, 0.3) is 0 Å². The highest BCUT2D eigenvalue weighted by Crippen LogP contribution is 2.19. The van der Waals surface area contributed by atoms with Gasteiger partial charge in [0.15, 0.2) is 0 Å². The lowest BCUT2D eigenvalue weighted by Gasteiger charge is -2.13. The highest BCUT2D eigenvalue weighted by Gasteiger charge is 2.18. The van der Waals surface area contributed by atoms with Gasteiger partial charge < -0.3 is 19.5 Å². The summed E-state index contributed by atoms with van der Waals surface area (Å²) in [6.45, 7) is -0.0849. The quantitative estimate of drug-likeness (QED) is 0.826. The average Bonchev–Trinajstić information content (AvgIpc) is 2.48. The van der Waals surface area contributed by atoms with Crippen molar-refractivity contribution in [3.05, 3.63) is 52.8 Å². The van der Waals surface area contributed by atoms with Crippen LogP contribution in [0.1, 0.15) is 5.56 Å². The molecule has 0 aromatic heterocycles. The minimum absolute atomic E-state index is 0.0849. The van der Waals surface area contributed by atoms with Crippen LogP contribution in [-0.2, 0) is 6.61 Å². The number of hydrogen-bond acceptors (Lipinski definition) is 4. The van der Waals surface area contributed by atoms with Crippen molar-refractivity contribution < 1.29 is 23.9 Å². The van der Waals surface area contributed by atoms with Gasteiger partial charge in [0, 0.05) is 16.0 Å². The molecule has 4 nitrogen and oxygen atoms in total. The molecule has 0 unspecified atom stereocenters. The first kappa shape index (κ1) is 15.6. The highest BCUT2D eigenvalue weighted by molar-refractivity contribution is 6.59. The summed E-state index contributed by atoms with van der Waals surface area (Å²) in [5, 5.41) is 19.1. The molecule has 2 aromatic rings. The van der Waals surface area contributed by atoms with Crippen molar-refractivity contribution in [3.63, 3.8) is 0 Å².